The van der Waals surface area contributed by atoms with Crippen LogP contribution in [-0.4, -0.2) is 16.6 Å². The van der Waals surface area contributed by atoms with E-state index in [0.717, 1.165) is 0 Å². The number of hydrogen-bond donors (Lipinski definition) is 0. The molecule has 0 aromatic heterocycles. The third kappa shape index (κ3) is 4.55. The van der Waals surface area contributed by atoms with Crippen molar-refractivity contribution in [3.8, 4) is 0 Å². The van der Waals surface area contributed by atoms with Gasteiger partial charge in [0.05, 0.1) is 0 Å². The fourth-order valence-corrected chi connectivity index (χ4v) is 7.24. The van der Waals surface area contributed by atoms with Crippen molar-refractivity contribution >= 4 is 16.6 Å². The van der Waals surface area contributed by atoms with E-state index in [-0.39, 0.29) is 0 Å². The van der Waals surface area contributed by atoms with Crippen LogP contribution >= 0.6 is 0 Å². The molecule has 66 valence electrons. The third-order valence-electron chi connectivity index (χ3n) is 1.02. The van der Waals surface area contributed by atoms with Crippen LogP contribution in [0.25, 0.3) is 0 Å². The molecule has 11 heavy (non-hydrogen) atoms. The predicted octanol–water partition coefficient (Wildman–Crippen LogP) is 3.01. The van der Waals surface area contributed by atoms with Gasteiger partial charge in [0.25, 0.3) is 0 Å². The van der Waals surface area contributed by atoms with Crippen molar-refractivity contribution in [1.29, 1.82) is 0 Å². The first-order valence-corrected chi connectivity index (χ1v) is 9.85. The van der Waals surface area contributed by atoms with Crippen molar-refractivity contribution in [2.45, 2.75) is 32.7 Å². The van der Waals surface area contributed by atoms with E-state index in [9.17, 15) is 8.78 Å². The van der Waals surface area contributed by atoms with Crippen LogP contribution in [0.15, 0.2) is 0 Å². The fraction of sp³-hybridized carbons (Fsp3) is 0.833. The van der Waals surface area contributed by atoms with Gasteiger partial charge in [0.1, 0.15) is 0 Å². The second-order valence-corrected chi connectivity index (χ2v) is 12.4. The molecule has 0 fully saturated rings. The van der Waals surface area contributed by atoms with Crippen LogP contribution in [-0.2, 0) is 4.12 Å². The molecule has 0 aromatic rings. The largest absolute Gasteiger partial charge is 0.498 e. The Morgan fingerprint density at radius 1 is 1.00 bits per heavy atom. The summed E-state index contributed by atoms with van der Waals surface area (Å²) in [7, 11) is -4.57. The molecule has 0 aliphatic rings. The summed E-state index contributed by atoms with van der Waals surface area (Å²) in [4.78, 5) is 0. The minimum Gasteiger partial charge on any atom is -0.418 e. The summed E-state index contributed by atoms with van der Waals surface area (Å²) in [5, 5.41) is 0. The summed E-state index contributed by atoms with van der Waals surface area (Å²) in [6, 6.07) is -1.51. The van der Waals surface area contributed by atoms with Gasteiger partial charge in [0.15, 0.2) is 8.32 Å². The summed E-state index contributed by atoms with van der Waals surface area (Å²) in [5.41, 5.74) is 0. The van der Waals surface area contributed by atoms with Gasteiger partial charge in [0, 0.05) is 21.9 Å². The predicted molar refractivity (Wildman–Crippen MR) is 47.4 cm³/mol. The Morgan fingerprint density at radius 3 is 1.45 bits per heavy atom. The van der Waals surface area contributed by atoms with Crippen LogP contribution in [0.1, 0.15) is 0 Å². The Balaban J connectivity index is 4.13. The van der Waals surface area contributed by atoms with Crippen molar-refractivity contribution in [2.24, 2.45) is 0 Å². The van der Waals surface area contributed by atoms with E-state index in [2.05, 4.69) is 0 Å². The summed E-state index contributed by atoms with van der Waals surface area (Å²) < 4.78 is 29.8. The van der Waals surface area contributed by atoms with Crippen molar-refractivity contribution < 1.29 is 12.9 Å². The maximum absolute atomic E-state index is 12.2. The van der Waals surface area contributed by atoms with E-state index >= 15 is 0 Å². The molecule has 0 rings (SSSR count). The SMILES string of the molecule is C[Si](C)(C)O[Si](C)(C)[C+](F)F. The molecule has 0 aromatic carbocycles. The first-order valence-electron chi connectivity index (χ1n) is 3.54. The number of rotatable bonds is 3. The molecule has 0 saturated carbocycles. The van der Waals surface area contributed by atoms with E-state index in [0.29, 0.717) is 0 Å². The molecule has 0 saturated heterocycles. The lowest BCUT2D eigenvalue weighted by molar-refractivity contribution is 0.323. The molecule has 0 unspecified atom stereocenters. The summed E-state index contributed by atoms with van der Waals surface area (Å²) in [6.45, 7) is 8.82. The van der Waals surface area contributed by atoms with Crippen molar-refractivity contribution in [2.75, 3.05) is 0 Å². The van der Waals surface area contributed by atoms with Gasteiger partial charge in [-0.25, -0.2) is 0 Å². The molecule has 0 radical (unpaired) electrons. The summed E-state index contributed by atoms with van der Waals surface area (Å²) in [5.74, 6) is 0. The lowest BCUT2D eigenvalue weighted by atomic mass is 11.6. The lowest BCUT2D eigenvalue weighted by Gasteiger charge is -2.21. The standard InChI is InChI=1S/C6H15F2OSi2/c1-10(2,3)9-11(4,5)6(7)8/h1-5H3/q+1. The average Bonchev–Trinajstić information content (AvgIpc) is 1.56. The summed E-state index contributed by atoms with van der Waals surface area (Å²) >= 11 is 0. The van der Waals surface area contributed by atoms with Crippen LogP contribution in [0.5, 0.6) is 0 Å². The molecule has 5 heteroatoms. The van der Waals surface area contributed by atoms with Gasteiger partial charge < -0.3 is 4.12 Å². The molecular formula is C6H15F2OSi2+. The number of hydrogen-bond acceptors (Lipinski definition) is 1. The van der Waals surface area contributed by atoms with Gasteiger partial charge in [0.2, 0.25) is 0 Å². The molecular weight excluding hydrogens is 182 g/mol. The van der Waals surface area contributed by atoms with E-state index in [1.165, 1.54) is 13.1 Å². The maximum atomic E-state index is 12.2. The smallest absolute Gasteiger partial charge is 0.418 e. The highest BCUT2D eigenvalue weighted by molar-refractivity contribution is 6.86. The van der Waals surface area contributed by atoms with Crippen molar-refractivity contribution in [3.63, 3.8) is 0 Å². The fourth-order valence-electron chi connectivity index (χ4n) is 0.804. The molecule has 0 bridgehead atoms. The molecule has 0 aliphatic heterocycles. The minimum absolute atomic E-state index is 1.51. The third-order valence-corrected chi connectivity index (χ3v) is 6.42. The van der Waals surface area contributed by atoms with Crippen LogP contribution in [0, 0.1) is 6.05 Å². The molecule has 0 atom stereocenters. The Kier molecular flexibility index (Phi) is 3.28. The Bertz CT molecular complexity index is 131. The zero-order valence-electron chi connectivity index (χ0n) is 7.66. The van der Waals surface area contributed by atoms with Crippen molar-refractivity contribution in [3.05, 3.63) is 6.05 Å². The van der Waals surface area contributed by atoms with Gasteiger partial charge in [-0.15, -0.1) is 0 Å². The van der Waals surface area contributed by atoms with E-state index < -0.39 is 22.7 Å². The Labute approximate surface area is 69.0 Å². The molecule has 0 amide bonds. The number of halogens is 2. The lowest BCUT2D eigenvalue weighted by Crippen LogP contribution is -2.44. The normalized spacial score (nSPS) is 13.4. The first kappa shape index (κ1) is 11.1. The van der Waals surface area contributed by atoms with E-state index in [4.69, 9.17) is 4.12 Å². The molecule has 0 aliphatic carbocycles. The van der Waals surface area contributed by atoms with E-state index in [1.807, 2.05) is 19.6 Å². The van der Waals surface area contributed by atoms with Crippen LogP contribution in [0.3, 0.4) is 0 Å². The Hall–Kier alpha value is 0.124. The van der Waals surface area contributed by atoms with Gasteiger partial charge in [-0.1, -0.05) is 0 Å². The molecule has 0 N–H and O–H groups in total. The van der Waals surface area contributed by atoms with Gasteiger partial charge in [-0.2, -0.15) is 0 Å². The van der Waals surface area contributed by atoms with Gasteiger partial charge >= 0.3 is 14.4 Å². The molecule has 0 heterocycles. The highest BCUT2D eigenvalue weighted by atomic mass is 28.4. The highest BCUT2D eigenvalue weighted by Gasteiger charge is 2.55. The topological polar surface area (TPSA) is 9.23 Å². The Morgan fingerprint density at radius 2 is 1.36 bits per heavy atom. The van der Waals surface area contributed by atoms with Crippen LogP contribution in [0.2, 0.25) is 32.7 Å². The van der Waals surface area contributed by atoms with Crippen LogP contribution in [0.4, 0.5) is 8.78 Å². The second kappa shape index (κ2) is 3.24. The minimum atomic E-state index is -2.77. The second-order valence-electron chi connectivity index (χ2n) is 3.99. The molecule has 0 spiro atoms. The first-order chi connectivity index (χ1) is 4.65. The van der Waals surface area contributed by atoms with Gasteiger partial charge in [-0.3, -0.25) is 0 Å². The monoisotopic (exact) mass is 197 g/mol. The maximum Gasteiger partial charge on any atom is 0.498 e. The quantitative estimate of drug-likeness (QED) is 0.499. The average molecular weight is 197 g/mol. The highest BCUT2D eigenvalue weighted by Crippen LogP contribution is 2.25. The zero-order chi connectivity index (χ0) is 9.28. The van der Waals surface area contributed by atoms with Crippen LogP contribution < -0.4 is 0 Å². The molecule has 1 nitrogen and oxygen atoms in total. The van der Waals surface area contributed by atoms with Crippen molar-refractivity contribution in [1.82, 2.24) is 0 Å². The van der Waals surface area contributed by atoms with Gasteiger partial charge in [-0.05, 0) is 19.6 Å². The van der Waals surface area contributed by atoms with E-state index in [1.54, 1.807) is 0 Å². The summed E-state index contributed by atoms with van der Waals surface area (Å²) in [6.07, 6.45) is 0. The zero-order valence-corrected chi connectivity index (χ0v) is 9.66.